The van der Waals surface area contributed by atoms with E-state index in [1.54, 1.807) is 0 Å². The van der Waals surface area contributed by atoms with Crippen molar-refractivity contribution in [3.05, 3.63) is 35.4 Å². The van der Waals surface area contributed by atoms with Crippen LogP contribution in [0.15, 0.2) is 24.3 Å². The molecule has 1 saturated heterocycles. The van der Waals surface area contributed by atoms with Crippen LogP contribution >= 0.6 is 0 Å². The first kappa shape index (κ1) is 14.5. The molecule has 0 aliphatic carbocycles. The normalized spacial score (nSPS) is 25.2. The minimum Gasteiger partial charge on any atom is -0.298 e. The molecule has 0 amide bonds. The lowest BCUT2D eigenvalue weighted by atomic mass is 9.86. The van der Waals surface area contributed by atoms with Crippen LogP contribution in [0.5, 0.6) is 0 Å². The highest BCUT2D eigenvalue weighted by molar-refractivity contribution is 5.28. The molecule has 0 saturated carbocycles. The van der Waals surface area contributed by atoms with Crippen LogP contribution in [-0.2, 0) is 0 Å². The predicted octanol–water partition coefficient (Wildman–Crippen LogP) is 4.35. The first-order valence-electron chi connectivity index (χ1n) is 7.47. The Morgan fingerprint density at radius 2 is 1.74 bits per heavy atom. The maximum Gasteiger partial charge on any atom is 0.120 e. The van der Waals surface area contributed by atoms with Crippen LogP contribution in [0.4, 0.5) is 4.39 Å². The number of likely N-dealkylation sites (tertiary alicyclic amines) is 1. The molecular formula is C17H26FN. The SMILES string of the molecule is CC(C)c1ccc([C@@H]2CCN(C(C)C)C[C@@H]2F)cc1. The van der Waals surface area contributed by atoms with E-state index >= 15 is 0 Å². The van der Waals surface area contributed by atoms with Crippen molar-refractivity contribution in [1.82, 2.24) is 4.90 Å². The van der Waals surface area contributed by atoms with Gasteiger partial charge in [0.1, 0.15) is 6.17 Å². The molecule has 1 aromatic carbocycles. The third-order valence-electron chi connectivity index (χ3n) is 4.33. The standard InChI is InChI=1S/C17H26FN/c1-12(2)14-5-7-15(8-6-14)16-9-10-19(13(3)4)11-17(16)18/h5-8,12-13,16-17H,9-11H2,1-4H3/t16-,17-/m0/s1. The molecule has 19 heavy (non-hydrogen) atoms. The zero-order chi connectivity index (χ0) is 14.0. The van der Waals surface area contributed by atoms with Gasteiger partial charge >= 0.3 is 0 Å². The summed E-state index contributed by atoms with van der Waals surface area (Å²) in [4.78, 5) is 2.24. The quantitative estimate of drug-likeness (QED) is 0.784. The van der Waals surface area contributed by atoms with Crippen molar-refractivity contribution in [1.29, 1.82) is 0 Å². The van der Waals surface area contributed by atoms with Gasteiger partial charge in [0.15, 0.2) is 0 Å². The number of halogens is 1. The van der Waals surface area contributed by atoms with Gasteiger partial charge in [-0.25, -0.2) is 4.39 Å². The van der Waals surface area contributed by atoms with Crippen molar-refractivity contribution in [2.45, 2.75) is 58.2 Å². The lowest BCUT2D eigenvalue weighted by Gasteiger charge is -2.37. The minimum absolute atomic E-state index is 0.0798. The van der Waals surface area contributed by atoms with Gasteiger partial charge in [0, 0.05) is 18.5 Å². The average Bonchev–Trinajstić information content (AvgIpc) is 2.38. The second-order valence-electron chi connectivity index (χ2n) is 6.32. The first-order chi connectivity index (χ1) is 8.99. The van der Waals surface area contributed by atoms with E-state index in [-0.39, 0.29) is 5.92 Å². The zero-order valence-corrected chi connectivity index (χ0v) is 12.6. The summed E-state index contributed by atoms with van der Waals surface area (Å²) in [5.74, 6) is 0.620. The number of rotatable bonds is 3. The molecule has 0 aromatic heterocycles. The van der Waals surface area contributed by atoms with Gasteiger partial charge in [-0.2, -0.15) is 0 Å². The summed E-state index contributed by atoms with van der Waals surface area (Å²) >= 11 is 0. The number of nitrogens with zero attached hydrogens (tertiary/aromatic N) is 1. The topological polar surface area (TPSA) is 3.24 Å². The summed E-state index contributed by atoms with van der Waals surface area (Å²) in [5, 5.41) is 0. The van der Waals surface area contributed by atoms with Crippen molar-refractivity contribution in [2.24, 2.45) is 0 Å². The fraction of sp³-hybridized carbons (Fsp3) is 0.647. The Kier molecular flexibility index (Phi) is 4.62. The van der Waals surface area contributed by atoms with E-state index in [0.717, 1.165) is 13.0 Å². The highest BCUT2D eigenvalue weighted by Gasteiger charge is 2.31. The van der Waals surface area contributed by atoms with E-state index in [4.69, 9.17) is 0 Å². The smallest absolute Gasteiger partial charge is 0.120 e. The molecule has 1 aliphatic heterocycles. The molecule has 106 valence electrons. The molecule has 0 unspecified atom stereocenters. The molecule has 2 atom stereocenters. The van der Waals surface area contributed by atoms with Crippen LogP contribution in [0, 0.1) is 0 Å². The molecule has 1 aliphatic rings. The minimum atomic E-state index is -0.735. The second kappa shape index (κ2) is 6.04. The van der Waals surface area contributed by atoms with Crippen LogP contribution in [0.2, 0.25) is 0 Å². The fourth-order valence-corrected chi connectivity index (χ4v) is 2.90. The Labute approximate surface area is 116 Å². The van der Waals surface area contributed by atoms with E-state index in [9.17, 15) is 4.39 Å². The molecule has 1 aromatic rings. The Hall–Kier alpha value is -0.890. The van der Waals surface area contributed by atoms with E-state index in [1.165, 1.54) is 11.1 Å². The van der Waals surface area contributed by atoms with Crippen molar-refractivity contribution in [3.63, 3.8) is 0 Å². The van der Waals surface area contributed by atoms with Crippen molar-refractivity contribution >= 4 is 0 Å². The van der Waals surface area contributed by atoms with Crippen molar-refractivity contribution < 1.29 is 4.39 Å². The molecule has 1 heterocycles. The van der Waals surface area contributed by atoms with Gasteiger partial charge < -0.3 is 0 Å². The maximum atomic E-state index is 14.4. The molecule has 2 rings (SSSR count). The monoisotopic (exact) mass is 263 g/mol. The van der Waals surface area contributed by atoms with Crippen molar-refractivity contribution in [3.8, 4) is 0 Å². The maximum absolute atomic E-state index is 14.4. The largest absolute Gasteiger partial charge is 0.298 e. The Balaban J connectivity index is 2.06. The first-order valence-corrected chi connectivity index (χ1v) is 7.47. The van der Waals surface area contributed by atoms with Gasteiger partial charge in [-0.1, -0.05) is 38.1 Å². The van der Waals surface area contributed by atoms with Gasteiger partial charge in [0.25, 0.3) is 0 Å². The molecule has 1 fully saturated rings. The Morgan fingerprint density at radius 3 is 2.21 bits per heavy atom. The number of alkyl halides is 1. The van der Waals surface area contributed by atoms with E-state index in [2.05, 4.69) is 56.9 Å². The average molecular weight is 263 g/mol. The van der Waals surface area contributed by atoms with Gasteiger partial charge in [-0.3, -0.25) is 4.90 Å². The van der Waals surface area contributed by atoms with Crippen LogP contribution in [-0.4, -0.2) is 30.2 Å². The summed E-state index contributed by atoms with van der Waals surface area (Å²) in [6.45, 7) is 10.3. The van der Waals surface area contributed by atoms with Gasteiger partial charge in [-0.15, -0.1) is 0 Å². The fourth-order valence-electron chi connectivity index (χ4n) is 2.90. The highest BCUT2D eigenvalue weighted by Crippen LogP contribution is 2.32. The van der Waals surface area contributed by atoms with Gasteiger partial charge in [0.05, 0.1) is 0 Å². The molecule has 0 spiro atoms. The number of benzene rings is 1. The third kappa shape index (κ3) is 3.36. The summed E-state index contributed by atoms with van der Waals surface area (Å²) in [5.41, 5.74) is 2.50. The molecule has 2 heteroatoms. The van der Waals surface area contributed by atoms with Crippen molar-refractivity contribution in [2.75, 3.05) is 13.1 Å². The van der Waals surface area contributed by atoms with Gasteiger partial charge in [-0.05, 0) is 43.9 Å². The molecule has 0 N–H and O–H groups in total. The number of hydrogen-bond donors (Lipinski definition) is 0. The molecule has 1 nitrogen and oxygen atoms in total. The van der Waals surface area contributed by atoms with Crippen LogP contribution < -0.4 is 0 Å². The van der Waals surface area contributed by atoms with Crippen LogP contribution in [0.3, 0.4) is 0 Å². The summed E-state index contributed by atoms with van der Waals surface area (Å²) < 4.78 is 14.4. The van der Waals surface area contributed by atoms with E-state index < -0.39 is 6.17 Å². The molecule has 0 bridgehead atoms. The molecular weight excluding hydrogens is 237 g/mol. The Bertz CT molecular complexity index is 396. The van der Waals surface area contributed by atoms with Crippen LogP contribution in [0.1, 0.15) is 57.1 Å². The van der Waals surface area contributed by atoms with E-state index in [0.29, 0.717) is 18.5 Å². The van der Waals surface area contributed by atoms with Crippen LogP contribution in [0.25, 0.3) is 0 Å². The number of hydrogen-bond acceptors (Lipinski definition) is 1. The Morgan fingerprint density at radius 1 is 1.11 bits per heavy atom. The molecule has 0 radical (unpaired) electrons. The summed E-state index contributed by atoms with van der Waals surface area (Å²) in [7, 11) is 0. The second-order valence-corrected chi connectivity index (χ2v) is 6.32. The van der Waals surface area contributed by atoms with Gasteiger partial charge in [0.2, 0.25) is 0 Å². The summed E-state index contributed by atoms with van der Waals surface area (Å²) in [6, 6.07) is 9.00. The lowest BCUT2D eigenvalue weighted by molar-refractivity contribution is 0.0940. The summed E-state index contributed by atoms with van der Waals surface area (Å²) in [6.07, 6.45) is 0.196. The lowest BCUT2D eigenvalue weighted by Crippen LogP contribution is -2.44. The number of piperidine rings is 1. The highest BCUT2D eigenvalue weighted by atomic mass is 19.1. The van der Waals surface area contributed by atoms with E-state index in [1.807, 2.05) is 0 Å². The predicted molar refractivity (Wildman–Crippen MR) is 79.5 cm³/mol. The zero-order valence-electron chi connectivity index (χ0n) is 12.6. The third-order valence-corrected chi connectivity index (χ3v) is 4.33.